The van der Waals surface area contributed by atoms with Gasteiger partial charge in [-0.2, -0.15) is 8.78 Å². The van der Waals surface area contributed by atoms with Crippen molar-refractivity contribution < 1.29 is 18.3 Å². The van der Waals surface area contributed by atoms with E-state index in [9.17, 15) is 8.78 Å². The Bertz CT molecular complexity index is 94.0. The van der Waals surface area contributed by atoms with E-state index in [2.05, 4.69) is 9.47 Å². The Morgan fingerprint density at radius 2 is 2.25 bits per heavy atom. The summed E-state index contributed by atoms with van der Waals surface area (Å²) >= 11 is 0. The molecule has 2 nitrogen and oxygen atoms in total. The molecular weight excluding hydrogens is 118 g/mol. The molecule has 1 unspecified atom stereocenters. The number of ether oxygens (including phenoxy) is 2. The number of rotatable bonds is 0. The van der Waals surface area contributed by atoms with Crippen LogP contribution in [0.5, 0.6) is 0 Å². The molecule has 0 bridgehead atoms. The summed E-state index contributed by atoms with van der Waals surface area (Å²) in [5.41, 5.74) is 0. The van der Waals surface area contributed by atoms with Gasteiger partial charge in [0.05, 0.1) is 0 Å². The van der Waals surface area contributed by atoms with Crippen LogP contribution >= 0.6 is 0 Å². The first-order valence-electron chi connectivity index (χ1n) is 2.26. The van der Waals surface area contributed by atoms with Gasteiger partial charge in [-0.05, 0) is 6.92 Å². The van der Waals surface area contributed by atoms with E-state index in [1.807, 2.05) is 0 Å². The number of alkyl halides is 2. The maximum Gasteiger partial charge on any atom is 0.383 e. The molecule has 48 valence electrons. The lowest BCUT2D eigenvalue weighted by molar-refractivity contribution is -0.212. The van der Waals surface area contributed by atoms with E-state index in [1.54, 1.807) is 0 Å². The normalized spacial score (nSPS) is 35.6. The minimum Gasteiger partial charge on any atom is -0.343 e. The zero-order chi connectivity index (χ0) is 6.20. The number of halogens is 2. The van der Waals surface area contributed by atoms with Gasteiger partial charge in [-0.3, -0.25) is 4.74 Å². The molecule has 1 aliphatic heterocycles. The van der Waals surface area contributed by atoms with Crippen molar-refractivity contribution in [3.05, 3.63) is 0 Å². The summed E-state index contributed by atoms with van der Waals surface area (Å²) in [7, 11) is 0. The molecule has 0 amide bonds. The predicted molar refractivity (Wildman–Crippen MR) is 21.4 cm³/mol. The average molecular weight is 124 g/mol. The second-order valence-electron chi connectivity index (χ2n) is 1.63. The number of hydrogen-bond acceptors (Lipinski definition) is 2. The Morgan fingerprint density at radius 3 is 2.38 bits per heavy atom. The van der Waals surface area contributed by atoms with E-state index in [1.165, 1.54) is 6.92 Å². The Morgan fingerprint density at radius 1 is 1.62 bits per heavy atom. The SMILES string of the molecule is CC1OCOC1(F)F. The van der Waals surface area contributed by atoms with Gasteiger partial charge in [0.2, 0.25) is 0 Å². The van der Waals surface area contributed by atoms with Crippen molar-refractivity contribution in [1.29, 1.82) is 0 Å². The molecule has 1 saturated heterocycles. The largest absolute Gasteiger partial charge is 0.383 e. The minimum absolute atomic E-state index is 0.297. The summed E-state index contributed by atoms with van der Waals surface area (Å²) in [6, 6.07) is 0. The molecule has 1 atom stereocenters. The van der Waals surface area contributed by atoms with Crippen LogP contribution in [0.3, 0.4) is 0 Å². The molecule has 1 heterocycles. The standard InChI is InChI=1S/C4H6F2O2/c1-3-4(5,6)8-2-7-3/h3H,2H2,1H3. The Balaban J connectivity index is 2.54. The smallest absolute Gasteiger partial charge is 0.343 e. The molecule has 0 spiro atoms. The summed E-state index contributed by atoms with van der Waals surface area (Å²) in [5, 5.41) is 0. The van der Waals surface area contributed by atoms with E-state index in [-0.39, 0.29) is 6.79 Å². The third-order valence-electron chi connectivity index (χ3n) is 1.04. The maximum atomic E-state index is 12.0. The van der Waals surface area contributed by atoms with Crippen LogP contribution in [0.15, 0.2) is 0 Å². The van der Waals surface area contributed by atoms with Crippen molar-refractivity contribution in [3.63, 3.8) is 0 Å². The molecule has 4 heteroatoms. The first-order chi connectivity index (χ1) is 3.63. The average Bonchev–Trinajstić information content (AvgIpc) is 1.86. The van der Waals surface area contributed by atoms with Gasteiger partial charge in [0.25, 0.3) is 0 Å². The molecule has 0 aliphatic carbocycles. The van der Waals surface area contributed by atoms with Crippen LogP contribution in [0.25, 0.3) is 0 Å². The van der Waals surface area contributed by atoms with Crippen molar-refractivity contribution in [2.75, 3.05) is 6.79 Å². The molecule has 0 aromatic heterocycles. The van der Waals surface area contributed by atoms with Crippen molar-refractivity contribution in [3.8, 4) is 0 Å². The van der Waals surface area contributed by atoms with Gasteiger partial charge in [-0.1, -0.05) is 0 Å². The molecule has 0 N–H and O–H groups in total. The molecule has 0 aromatic rings. The van der Waals surface area contributed by atoms with E-state index >= 15 is 0 Å². The monoisotopic (exact) mass is 124 g/mol. The third-order valence-corrected chi connectivity index (χ3v) is 1.04. The number of hydrogen-bond donors (Lipinski definition) is 0. The minimum atomic E-state index is -3.07. The fourth-order valence-electron chi connectivity index (χ4n) is 0.429. The molecule has 0 aromatic carbocycles. The van der Waals surface area contributed by atoms with Gasteiger partial charge >= 0.3 is 6.11 Å². The lowest BCUT2D eigenvalue weighted by atomic mass is 10.4. The fraction of sp³-hybridized carbons (Fsp3) is 1.00. The topological polar surface area (TPSA) is 18.5 Å². The zero-order valence-electron chi connectivity index (χ0n) is 4.36. The van der Waals surface area contributed by atoms with Crippen LogP contribution in [-0.4, -0.2) is 19.0 Å². The van der Waals surface area contributed by atoms with Crippen molar-refractivity contribution in [2.24, 2.45) is 0 Å². The summed E-state index contributed by atoms with van der Waals surface area (Å²) in [6.07, 6.45) is -4.16. The van der Waals surface area contributed by atoms with Crippen molar-refractivity contribution >= 4 is 0 Å². The van der Waals surface area contributed by atoms with E-state index in [4.69, 9.17) is 0 Å². The van der Waals surface area contributed by atoms with E-state index in [0.717, 1.165) is 0 Å². The molecular formula is C4H6F2O2. The third kappa shape index (κ3) is 0.809. The van der Waals surface area contributed by atoms with Crippen LogP contribution in [0.2, 0.25) is 0 Å². The molecule has 8 heavy (non-hydrogen) atoms. The van der Waals surface area contributed by atoms with Crippen LogP contribution in [0, 0.1) is 0 Å². The highest BCUT2D eigenvalue weighted by atomic mass is 19.3. The highest BCUT2D eigenvalue weighted by Gasteiger charge is 2.43. The van der Waals surface area contributed by atoms with E-state index in [0.29, 0.717) is 0 Å². The lowest BCUT2D eigenvalue weighted by Gasteiger charge is -2.08. The molecule has 1 aliphatic rings. The second kappa shape index (κ2) is 1.63. The Hall–Kier alpha value is -0.220. The molecule has 1 rings (SSSR count). The van der Waals surface area contributed by atoms with Crippen LogP contribution < -0.4 is 0 Å². The molecule has 0 radical (unpaired) electrons. The van der Waals surface area contributed by atoms with Gasteiger partial charge in [-0.25, -0.2) is 0 Å². The molecule has 1 fully saturated rings. The maximum absolute atomic E-state index is 12.0. The summed E-state index contributed by atoms with van der Waals surface area (Å²) in [6.45, 7) is 0.973. The Kier molecular flexibility index (Phi) is 1.21. The van der Waals surface area contributed by atoms with Gasteiger partial charge in [0.1, 0.15) is 6.10 Å². The summed E-state index contributed by atoms with van der Waals surface area (Å²) in [5.74, 6) is 0. The predicted octanol–water partition coefficient (Wildman–Crippen LogP) is 0.972. The van der Waals surface area contributed by atoms with Crippen molar-refractivity contribution in [1.82, 2.24) is 0 Å². The highest BCUT2D eigenvalue weighted by molar-refractivity contribution is 4.65. The highest BCUT2D eigenvalue weighted by Crippen LogP contribution is 2.27. The van der Waals surface area contributed by atoms with Gasteiger partial charge in [-0.15, -0.1) is 0 Å². The van der Waals surface area contributed by atoms with Crippen LogP contribution in [0.1, 0.15) is 6.92 Å². The zero-order valence-corrected chi connectivity index (χ0v) is 4.36. The molecule has 0 saturated carbocycles. The van der Waals surface area contributed by atoms with Crippen LogP contribution in [0.4, 0.5) is 8.78 Å². The quantitative estimate of drug-likeness (QED) is 0.479. The lowest BCUT2D eigenvalue weighted by Crippen LogP contribution is -2.26. The van der Waals surface area contributed by atoms with Gasteiger partial charge in [0.15, 0.2) is 6.79 Å². The van der Waals surface area contributed by atoms with Gasteiger partial charge < -0.3 is 4.74 Å². The second-order valence-corrected chi connectivity index (χ2v) is 1.63. The summed E-state index contributed by atoms with van der Waals surface area (Å²) in [4.78, 5) is 0. The Labute approximate surface area is 45.4 Å². The fourth-order valence-corrected chi connectivity index (χ4v) is 0.429. The van der Waals surface area contributed by atoms with Gasteiger partial charge in [0, 0.05) is 0 Å². The summed E-state index contributed by atoms with van der Waals surface area (Å²) < 4.78 is 32.3. The van der Waals surface area contributed by atoms with Crippen molar-refractivity contribution in [2.45, 2.75) is 19.1 Å². The van der Waals surface area contributed by atoms with E-state index < -0.39 is 12.2 Å². The first kappa shape index (κ1) is 5.91. The first-order valence-corrected chi connectivity index (χ1v) is 2.26. The van der Waals surface area contributed by atoms with Crippen LogP contribution in [-0.2, 0) is 9.47 Å².